The van der Waals surface area contributed by atoms with Crippen molar-refractivity contribution >= 4 is 5.84 Å². The Morgan fingerprint density at radius 3 is 2.39 bits per heavy atom. The topological polar surface area (TPSA) is 47.6 Å². The molecule has 2 N–H and O–H groups in total. The highest BCUT2D eigenvalue weighted by atomic mass is 19.4. The van der Waals surface area contributed by atoms with E-state index in [0.29, 0.717) is 0 Å². The van der Waals surface area contributed by atoms with Crippen LogP contribution in [0.3, 0.4) is 0 Å². The number of alkyl halides is 3. The summed E-state index contributed by atoms with van der Waals surface area (Å²) in [6.45, 7) is -0.472. The molecule has 0 unspecified atom stereocenters. The lowest BCUT2D eigenvalue weighted by molar-refractivity contribution is -0.138. The van der Waals surface area contributed by atoms with Gasteiger partial charge in [0.2, 0.25) is 0 Å². The molecule has 0 spiro atoms. The average Bonchev–Trinajstić information content (AvgIpc) is 2.49. The number of benzene rings is 2. The van der Waals surface area contributed by atoms with Gasteiger partial charge in [0.1, 0.15) is 6.61 Å². The molecule has 0 bridgehead atoms. The first-order valence-electron chi connectivity index (χ1n) is 6.35. The lowest BCUT2D eigenvalue weighted by atomic mass is 10.1. The summed E-state index contributed by atoms with van der Waals surface area (Å²) in [6.07, 6.45) is -4.52. The van der Waals surface area contributed by atoms with Crippen LogP contribution < -0.4 is 5.73 Å². The number of rotatable bonds is 4. The highest BCUT2D eigenvalue weighted by Crippen LogP contribution is 2.32. The number of nitrogens with zero attached hydrogens (tertiary/aromatic N) is 1. The number of halogens is 5. The van der Waals surface area contributed by atoms with Crippen LogP contribution in [0, 0.1) is 11.6 Å². The Bertz CT molecular complexity index is 728. The largest absolute Gasteiger partial charge is 0.416 e. The smallest absolute Gasteiger partial charge is 0.389 e. The fourth-order valence-corrected chi connectivity index (χ4v) is 1.80. The Morgan fingerprint density at radius 2 is 1.74 bits per heavy atom. The zero-order chi connectivity index (χ0) is 17.0. The molecule has 0 atom stereocenters. The Kier molecular flexibility index (Phi) is 4.83. The van der Waals surface area contributed by atoms with Crippen molar-refractivity contribution in [1.82, 2.24) is 0 Å². The molecule has 2 rings (SSSR count). The predicted molar refractivity (Wildman–Crippen MR) is 73.3 cm³/mol. The van der Waals surface area contributed by atoms with Crippen molar-refractivity contribution in [3.05, 3.63) is 70.8 Å². The normalized spacial score (nSPS) is 12.3. The molecule has 0 aliphatic rings. The SMILES string of the molecule is N/C(=N\OCc1ccccc1C(F)(F)F)c1ccc(F)c(F)c1. The Morgan fingerprint density at radius 1 is 1.04 bits per heavy atom. The van der Waals surface area contributed by atoms with E-state index in [0.717, 1.165) is 18.2 Å². The third kappa shape index (κ3) is 4.18. The van der Waals surface area contributed by atoms with E-state index in [4.69, 9.17) is 10.6 Å². The van der Waals surface area contributed by atoms with Crippen molar-refractivity contribution in [3.8, 4) is 0 Å². The van der Waals surface area contributed by atoms with Crippen LogP contribution in [0.15, 0.2) is 47.6 Å². The molecular formula is C15H11F5N2O. The van der Waals surface area contributed by atoms with Gasteiger partial charge in [-0.05, 0) is 24.3 Å². The van der Waals surface area contributed by atoms with Crippen molar-refractivity contribution in [1.29, 1.82) is 0 Å². The van der Waals surface area contributed by atoms with Gasteiger partial charge in [-0.2, -0.15) is 13.2 Å². The fourth-order valence-electron chi connectivity index (χ4n) is 1.80. The van der Waals surface area contributed by atoms with Crippen molar-refractivity contribution in [2.24, 2.45) is 10.9 Å². The minimum Gasteiger partial charge on any atom is -0.389 e. The molecule has 0 aliphatic heterocycles. The van der Waals surface area contributed by atoms with Gasteiger partial charge in [-0.1, -0.05) is 23.4 Å². The summed E-state index contributed by atoms with van der Waals surface area (Å²) in [5.74, 6) is -2.46. The summed E-state index contributed by atoms with van der Waals surface area (Å²) >= 11 is 0. The first-order chi connectivity index (χ1) is 10.8. The minimum absolute atomic E-state index is 0.0491. The van der Waals surface area contributed by atoms with Crippen molar-refractivity contribution in [2.75, 3.05) is 0 Å². The van der Waals surface area contributed by atoms with Crippen LogP contribution in [0.25, 0.3) is 0 Å². The summed E-state index contributed by atoms with van der Waals surface area (Å²) in [4.78, 5) is 4.79. The van der Waals surface area contributed by atoms with Crippen LogP contribution in [0.4, 0.5) is 22.0 Å². The quantitative estimate of drug-likeness (QED) is 0.401. The number of hydrogen-bond donors (Lipinski definition) is 1. The Hall–Kier alpha value is -2.64. The second kappa shape index (κ2) is 6.64. The molecule has 0 fully saturated rings. The third-order valence-corrected chi connectivity index (χ3v) is 2.92. The highest BCUT2D eigenvalue weighted by molar-refractivity contribution is 5.97. The summed E-state index contributed by atoms with van der Waals surface area (Å²) in [5.41, 5.74) is 4.60. The standard InChI is InChI=1S/C15H11F5N2O/c16-12-6-5-9(7-13(12)17)14(21)22-23-8-10-3-1-2-4-11(10)15(18,19)20/h1-7H,8H2,(H2,21,22). The van der Waals surface area contributed by atoms with Crippen LogP contribution >= 0.6 is 0 Å². The molecule has 0 aliphatic carbocycles. The van der Waals surface area contributed by atoms with Crippen LogP contribution in [0.5, 0.6) is 0 Å². The molecule has 0 saturated heterocycles. The lowest BCUT2D eigenvalue weighted by Gasteiger charge is -2.11. The molecule has 122 valence electrons. The van der Waals surface area contributed by atoms with Gasteiger partial charge in [0, 0.05) is 11.1 Å². The summed E-state index contributed by atoms with van der Waals surface area (Å²) < 4.78 is 64.2. The van der Waals surface area contributed by atoms with E-state index in [1.807, 2.05) is 0 Å². The monoisotopic (exact) mass is 330 g/mol. The van der Waals surface area contributed by atoms with Crippen molar-refractivity contribution in [2.45, 2.75) is 12.8 Å². The third-order valence-electron chi connectivity index (χ3n) is 2.92. The number of nitrogens with two attached hydrogens (primary N) is 1. The molecule has 0 radical (unpaired) electrons. The Balaban J connectivity index is 2.11. The predicted octanol–water partition coefficient (Wildman–Crippen LogP) is 3.82. The van der Waals surface area contributed by atoms with E-state index in [2.05, 4.69) is 5.16 Å². The molecule has 23 heavy (non-hydrogen) atoms. The van der Waals surface area contributed by atoms with E-state index < -0.39 is 30.0 Å². The molecule has 0 heterocycles. The molecular weight excluding hydrogens is 319 g/mol. The maximum absolute atomic E-state index is 13.1. The van der Waals surface area contributed by atoms with E-state index in [9.17, 15) is 22.0 Å². The second-order valence-corrected chi connectivity index (χ2v) is 4.53. The van der Waals surface area contributed by atoms with Gasteiger partial charge >= 0.3 is 6.18 Å². The van der Waals surface area contributed by atoms with Crippen LogP contribution in [0.1, 0.15) is 16.7 Å². The maximum Gasteiger partial charge on any atom is 0.416 e. The number of amidine groups is 1. The first-order valence-corrected chi connectivity index (χ1v) is 6.35. The molecule has 8 heteroatoms. The molecule has 0 amide bonds. The average molecular weight is 330 g/mol. The van der Waals surface area contributed by atoms with Gasteiger partial charge in [-0.25, -0.2) is 8.78 Å². The zero-order valence-electron chi connectivity index (χ0n) is 11.6. The van der Waals surface area contributed by atoms with Gasteiger partial charge in [-0.15, -0.1) is 0 Å². The van der Waals surface area contributed by atoms with E-state index in [1.165, 1.54) is 24.3 Å². The molecule has 0 saturated carbocycles. The number of hydrogen-bond acceptors (Lipinski definition) is 2. The Labute approximate surface area is 128 Å². The second-order valence-electron chi connectivity index (χ2n) is 4.53. The first kappa shape index (κ1) is 16.7. The fraction of sp³-hybridized carbons (Fsp3) is 0.133. The molecule has 0 aromatic heterocycles. The molecule has 3 nitrogen and oxygen atoms in total. The van der Waals surface area contributed by atoms with E-state index in [-0.39, 0.29) is 17.0 Å². The van der Waals surface area contributed by atoms with Crippen molar-refractivity contribution in [3.63, 3.8) is 0 Å². The lowest BCUT2D eigenvalue weighted by Crippen LogP contribution is -2.15. The molecule has 2 aromatic carbocycles. The number of oxime groups is 1. The van der Waals surface area contributed by atoms with Gasteiger partial charge < -0.3 is 10.6 Å². The van der Waals surface area contributed by atoms with Gasteiger partial charge in [-0.3, -0.25) is 0 Å². The van der Waals surface area contributed by atoms with Crippen LogP contribution in [0.2, 0.25) is 0 Å². The highest BCUT2D eigenvalue weighted by Gasteiger charge is 2.32. The summed E-state index contributed by atoms with van der Waals surface area (Å²) in [6, 6.07) is 7.67. The van der Waals surface area contributed by atoms with Gasteiger partial charge in [0.25, 0.3) is 0 Å². The zero-order valence-corrected chi connectivity index (χ0v) is 11.6. The minimum atomic E-state index is -4.52. The van der Waals surface area contributed by atoms with Gasteiger partial charge in [0.15, 0.2) is 17.5 Å². The van der Waals surface area contributed by atoms with Crippen molar-refractivity contribution < 1.29 is 26.8 Å². The van der Waals surface area contributed by atoms with Crippen LogP contribution in [-0.4, -0.2) is 5.84 Å². The van der Waals surface area contributed by atoms with E-state index >= 15 is 0 Å². The van der Waals surface area contributed by atoms with Gasteiger partial charge in [0.05, 0.1) is 5.56 Å². The summed E-state index contributed by atoms with van der Waals surface area (Å²) in [5, 5.41) is 3.42. The molecule has 2 aromatic rings. The summed E-state index contributed by atoms with van der Waals surface area (Å²) in [7, 11) is 0. The maximum atomic E-state index is 13.1. The van der Waals surface area contributed by atoms with Crippen LogP contribution in [-0.2, 0) is 17.6 Å². The van der Waals surface area contributed by atoms with E-state index in [1.54, 1.807) is 0 Å².